The molecule has 0 aromatic heterocycles. The number of aliphatic hydroxyl groups is 5. The average molecular weight is 648 g/mol. The Bertz CT molecular complexity index is 1050. The van der Waals surface area contributed by atoms with Gasteiger partial charge >= 0.3 is 0 Å². The molecule has 3 saturated heterocycles. The van der Waals surface area contributed by atoms with Gasteiger partial charge < -0.3 is 89.1 Å². The number of carbonyl (C=O) groups is 1. The molecule has 19 heteroatoms. The third kappa shape index (κ3) is 7.36. The van der Waals surface area contributed by atoms with Gasteiger partial charge in [0.15, 0.2) is 24.1 Å². The number of carbonyl (C=O) groups excluding carboxylic acids is 1. The van der Waals surface area contributed by atoms with Crippen molar-refractivity contribution < 1.29 is 49.3 Å². The Kier molecular flexibility index (Phi) is 10.8. The standard InChI is InChI=1S/C26H49N9O10/c27-5-10-1-2-12(33-9-6-32-7-9)22(42-10)44-20-11(28)3-13(34-24(40)26(41)4-15(26)35-25(30)31)21(19(20)39)45-23-18(38)16(29)17(37)14(8-36)43-23/h9-23,32-33,36-39,41H,1-8,27-29H2,(H,34,40)(H4,30,31,35)/t10-,11-,12+,13+,14+,15?,16-,17+,18+,19-,20?,21-,22+,23+,26?/m0/s1. The summed E-state index contributed by atoms with van der Waals surface area (Å²) in [6.07, 6.45) is -9.33. The van der Waals surface area contributed by atoms with Crippen LogP contribution in [0.4, 0.5) is 0 Å². The minimum Gasteiger partial charge on any atom is -0.394 e. The van der Waals surface area contributed by atoms with E-state index in [1.165, 1.54) is 0 Å². The minimum atomic E-state index is -1.89. The Morgan fingerprint density at radius 1 is 1.00 bits per heavy atom. The molecule has 5 fully saturated rings. The summed E-state index contributed by atoms with van der Waals surface area (Å²) in [5.41, 5.74) is 27.3. The number of ether oxygens (including phenoxy) is 4. The predicted molar refractivity (Wildman–Crippen MR) is 156 cm³/mol. The highest BCUT2D eigenvalue weighted by Gasteiger charge is 2.61. The van der Waals surface area contributed by atoms with Crippen molar-refractivity contribution in [1.82, 2.24) is 16.0 Å². The molecule has 19 nitrogen and oxygen atoms in total. The maximum Gasteiger partial charge on any atom is 0.254 e. The van der Waals surface area contributed by atoms with Gasteiger partial charge in [0.2, 0.25) is 0 Å². The molecule has 3 heterocycles. The van der Waals surface area contributed by atoms with E-state index in [4.69, 9.17) is 47.6 Å². The van der Waals surface area contributed by atoms with Crippen molar-refractivity contribution in [3.05, 3.63) is 0 Å². The second-order valence-electron chi connectivity index (χ2n) is 12.7. The lowest BCUT2D eigenvalue weighted by atomic mass is 9.83. The number of nitrogens with zero attached hydrogens (tertiary/aromatic N) is 1. The van der Waals surface area contributed by atoms with E-state index in [0.29, 0.717) is 12.8 Å². The van der Waals surface area contributed by atoms with E-state index >= 15 is 0 Å². The molecule has 5 rings (SSSR count). The first-order valence-corrected chi connectivity index (χ1v) is 15.4. The van der Waals surface area contributed by atoms with Crippen molar-refractivity contribution in [2.75, 3.05) is 26.2 Å². The number of hydrogen-bond donors (Lipinski definition) is 13. The van der Waals surface area contributed by atoms with Gasteiger partial charge in [0.25, 0.3) is 5.91 Å². The zero-order valence-electron chi connectivity index (χ0n) is 24.9. The molecule has 258 valence electrons. The van der Waals surface area contributed by atoms with Crippen LogP contribution in [0.3, 0.4) is 0 Å². The summed E-state index contributed by atoms with van der Waals surface area (Å²) in [6.45, 7) is 1.22. The molecule has 0 radical (unpaired) electrons. The fraction of sp³-hybridized carbons (Fsp3) is 0.923. The minimum absolute atomic E-state index is 0.000223. The molecule has 5 aliphatic rings. The van der Waals surface area contributed by atoms with Crippen LogP contribution in [0, 0.1) is 0 Å². The Labute approximate surface area is 260 Å². The fourth-order valence-corrected chi connectivity index (χ4v) is 6.41. The highest BCUT2D eigenvalue weighted by atomic mass is 16.7. The Balaban J connectivity index is 1.36. The number of amides is 1. The van der Waals surface area contributed by atoms with Crippen molar-refractivity contribution in [3.8, 4) is 0 Å². The number of nitrogens with one attached hydrogen (secondary N) is 3. The van der Waals surface area contributed by atoms with E-state index in [0.717, 1.165) is 13.1 Å². The smallest absolute Gasteiger partial charge is 0.254 e. The van der Waals surface area contributed by atoms with Gasteiger partial charge in [0, 0.05) is 38.1 Å². The molecule has 18 N–H and O–H groups in total. The number of nitrogens with two attached hydrogens (primary N) is 5. The molecule has 0 aromatic rings. The summed E-state index contributed by atoms with van der Waals surface area (Å²) >= 11 is 0. The first-order chi connectivity index (χ1) is 21.4. The maximum atomic E-state index is 13.2. The van der Waals surface area contributed by atoms with Gasteiger partial charge in [-0.15, -0.1) is 0 Å². The van der Waals surface area contributed by atoms with Gasteiger partial charge in [-0.1, -0.05) is 0 Å². The third-order valence-electron chi connectivity index (χ3n) is 9.40. The predicted octanol–water partition coefficient (Wildman–Crippen LogP) is -7.73. The van der Waals surface area contributed by atoms with E-state index in [2.05, 4.69) is 20.9 Å². The Morgan fingerprint density at radius 2 is 1.71 bits per heavy atom. The molecule has 3 aliphatic heterocycles. The van der Waals surface area contributed by atoms with Gasteiger partial charge in [-0.25, -0.2) is 4.99 Å². The van der Waals surface area contributed by atoms with Crippen LogP contribution in [0.15, 0.2) is 4.99 Å². The molecule has 0 bridgehead atoms. The summed E-state index contributed by atoms with van der Waals surface area (Å²) in [7, 11) is 0. The molecular weight excluding hydrogens is 598 g/mol. The van der Waals surface area contributed by atoms with Crippen LogP contribution in [-0.2, 0) is 23.7 Å². The van der Waals surface area contributed by atoms with Crippen LogP contribution in [-0.4, -0.2) is 161 Å². The number of guanidine groups is 1. The van der Waals surface area contributed by atoms with E-state index in [9.17, 15) is 30.3 Å². The van der Waals surface area contributed by atoms with Crippen molar-refractivity contribution >= 4 is 11.9 Å². The summed E-state index contributed by atoms with van der Waals surface area (Å²) in [4.78, 5) is 17.1. The first kappa shape index (κ1) is 34.5. The second-order valence-corrected chi connectivity index (χ2v) is 12.7. The van der Waals surface area contributed by atoms with Crippen LogP contribution < -0.4 is 44.6 Å². The van der Waals surface area contributed by atoms with Crippen molar-refractivity contribution in [1.29, 1.82) is 0 Å². The monoisotopic (exact) mass is 647 g/mol. The van der Waals surface area contributed by atoms with Crippen molar-refractivity contribution in [3.63, 3.8) is 0 Å². The van der Waals surface area contributed by atoms with Crippen LogP contribution in [0.25, 0.3) is 0 Å². The largest absolute Gasteiger partial charge is 0.394 e. The zero-order valence-corrected chi connectivity index (χ0v) is 24.9. The zero-order chi connectivity index (χ0) is 32.6. The lowest BCUT2D eigenvalue weighted by molar-refractivity contribution is -0.314. The first-order valence-electron chi connectivity index (χ1n) is 15.4. The fourth-order valence-electron chi connectivity index (χ4n) is 6.41. The van der Waals surface area contributed by atoms with Gasteiger partial charge in [-0.2, -0.15) is 0 Å². The molecule has 15 atom stereocenters. The molecule has 3 unspecified atom stereocenters. The van der Waals surface area contributed by atoms with Crippen molar-refractivity contribution in [2.45, 2.75) is 123 Å². The molecule has 1 amide bonds. The summed E-state index contributed by atoms with van der Waals surface area (Å²) in [5.74, 6) is -1.11. The van der Waals surface area contributed by atoms with Crippen LogP contribution in [0.1, 0.15) is 25.7 Å². The normalized spacial score (nSPS) is 47.0. The topological polar surface area (TPSA) is 334 Å². The van der Waals surface area contributed by atoms with Gasteiger partial charge in [-0.05, 0) is 19.3 Å². The number of aliphatic hydroxyl groups excluding tert-OH is 4. The highest BCUT2D eigenvalue weighted by molar-refractivity contribution is 5.90. The number of rotatable bonds is 11. The maximum absolute atomic E-state index is 13.2. The Hall–Kier alpha value is -1.82. The number of hydrogen-bond acceptors (Lipinski definition) is 16. The third-order valence-corrected chi connectivity index (χ3v) is 9.40. The molecule has 2 aliphatic carbocycles. The van der Waals surface area contributed by atoms with E-state index in [-0.39, 0.29) is 43.5 Å². The lowest BCUT2D eigenvalue weighted by Crippen LogP contribution is -2.69. The van der Waals surface area contributed by atoms with E-state index in [1.54, 1.807) is 0 Å². The van der Waals surface area contributed by atoms with Crippen LogP contribution in [0.2, 0.25) is 0 Å². The quantitative estimate of drug-likeness (QED) is 0.0731. The SMILES string of the molecule is NC[C@@H]1CC[C@@H](NC2CNC2)[C@@H](OC2[C@@H](N)C[C@@H](NC(=O)C3(O)CC3N=C(N)N)[C@H](O[C@H]3O[C@H](CO)[C@@H](O)[C@H](N)[C@H]3O)[C@H]2O)O1. The van der Waals surface area contributed by atoms with E-state index in [1.807, 2.05) is 0 Å². The van der Waals surface area contributed by atoms with Gasteiger partial charge in [-0.3, -0.25) is 4.79 Å². The van der Waals surface area contributed by atoms with Crippen LogP contribution in [0.5, 0.6) is 0 Å². The molecule has 0 aromatic carbocycles. The molecular formula is C26H49N9O10. The molecule has 45 heavy (non-hydrogen) atoms. The summed E-state index contributed by atoms with van der Waals surface area (Å²) in [5, 5.41) is 62.7. The summed E-state index contributed by atoms with van der Waals surface area (Å²) < 4.78 is 24.2. The van der Waals surface area contributed by atoms with Gasteiger partial charge in [0.05, 0.1) is 36.9 Å². The molecule has 2 saturated carbocycles. The van der Waals surface area contributed by atoms with E-state index < -0.39 is 91.5 Å². The molecule has 0 spiro atoms. The Morgan fingerprint density at radius 3 is 2.33 bits per heavy atom. The second kappa shape index (κ2) is 14.1. The average Bonchev–Trinajstić information content (AvgIpc) is 3.64. The van der Waals surface area contributed by atoms with Gasteiger partial charge in [0.1, 0.15) is 36.6 Å². The van der Waals surface area contributed by atoms with Crippen molar-refractivity contribution in [2.24, 2.45) is 33.7 Å². The number of aliphatic imine (C=N–C) groups is 1. The highest BCUT2D eigenvalue weighted by Crippen LogP contribution is 2.40. The van der Waals surface area contributed by atoms with Crippen LogP contribution >= 0.6 is 0 Å². The summed E-state index contributed by atoms with van der Waals surface area (Å²) in [6, 6.07) is -4.00. The lowest BCUT2D eigenvalue weighted by Gasteiger charge is -2.49.